The van der Waals surface area contributed by atoms with Crippen molar-refractivity contribution in [1.82, 2.24) is 0 Å². The Labute approximate surface area is 212 Å². The average Bonchev–Trinajstić information content (AvgIpc) is 2.58. The standard InChI is InChI=1S/C10H4F18O3S.K/c11-1(2(12)13)4(15,16)6(19,20)8(23,24)10(27,28)9(25,26)7(21,22)5(17,18)3(14)32(29,30)31;/h1-3H,(H,29,30,31);/q;+1/p-1. The minimum atomic E-state index is -8.89. The van der Waals surface area contributed by atoms with Crippen LogP contribution in [0.4, 0.5) is 79.0 Å². The summed E-state index contributed by atoms with van der Waals surface area (Å²) < 4.78 is 263. The molecule has 2 unspecified atom stereocenters. The SMILES string of the molecule is O=S(=O)([O-])C(F)C(F)(F)C(F)(F)C(F)(F)C(F)(F)C(F)(F)C(F)(F)C(F)(F)C(F)C(F)F.[K+]. The van der Waals surface area contributed by atoms with Crippen molar-refractivity contribution in [3.63, 3.8) is 0 Å². The summed E-state index contributed by atoms with van der Waals surface area (Å²) in [6.45, 7) is 0. The largest absolute Gasteiger partial charge is 1.00 e. The maximum atomic E-state index is 13.3. The number of halogens is 18. The van der Waals surface area contributed by atoms with Gasteiger partial charge in [0, 0.05) is 0 Å². The van der Waals surface area contributed by atoms with Crippen LogP contribution in [0.5, 0.6) is 0 Å². The molecule has 0 fully saturated rings. The van der Waals surface area contributed by atoms with Crippen molar-refractivity contribution in [2.24, 2.45) is 0 Å². The van der Waals surface area contributed by atoms with Gasteiger partial charge in [0.25, 0.3) is 11.9 Å². The molecule has 0 heterocycles. The van der Waals surface area contributed by atoms with Crippen LogP contribution in [0, 0.1) is 0 Å². The van der Waals surface area contributed by atoms with Crippen LogP contribution in [-0.2, 0) is 10.1 Å². The summed E-state index contributed by atoms with van der Waals surface area (Å²) in [7, 11) is -7.47. The molecule has 33 heavy (non-hydrogen) atoms. The van der Waals surface area contributed by atoms with Gasteiger partial charge in [0.2, 0.25) is 6.17 Å². The first-order valence-electron chi connectivity index (χ1n) is 6.67. The topological polar surface area (TPSA) is 57.2 Å². The van der Waals surface area contributed by atoms with Crippen LogP contribution >= 0.6 is 0 Å². The van der Waals surface area contributed by atoms with Crippen molar-refractivity contribution in [2.75, 3.05) is 0 Å². The maximum absolute atomic E-state index is 13.3. The summed E-state index contributed by atoms with van der Waals surface area (Å²) in [4.78, 5) is 0. The minimum Gasteiger partial charge on any atom is -0.746 e. The quantitative estimate of drug-likeness (QED) is 0.224. The Balaban J connectivity index is 0. The fourth-order valence-corrected chi connectivity index (χ4v) is 2.18. The molecule has 0 aromatic carbocycles. The van der Waals surface area contributed by atoms with E-state index in [2.05, 4.69) is 0 Å². The molecule has 0 saturated carbocycles. The molecule has 0 bridgehead atoms. The monoisotopic (exact) mass is 584 g/mol. The zero-order valence-electron chi connectivity index (χ0n) is 14.7. The van der Waals surface area contributed by atoms with E-state index in [0.29, 0.717) is 0 Å². The first-order chi connectivity index (χ1) is 13.5. The van der Waals surface area contributed by atoms with E-state index in [0.717, 1.165) is 0 Å². The molecule has 0 aliphatic rings. The van der Waals surface area contributed by atoms with E-state index in [4.69, 9.17) is 0 Å². The maximum Gasteiger partial charge on any atom is 1.00 e. The summed E-state index contributed by atoms with van der Waals surface area (Å²) in [5.41, 5.74) is -6.11. The van der Waals surface area contributed by atoms with Crippen LogP contribution in [0.3, 0.4) is 0 Å². The van der Waals surface area contributed by atoms with Crippen molar-refractivity contribution >= 4 is 10.1 Å². The van der Waals surface area contributed by atoms with Crippen molar-refractivity contribution in [2.45, 2.75) is 59.6 Å². The third-order valence-electron chi connectivity index (χ3n) is 3.52. The predicted molar refractivity (Wildman–Crippen MR) is 60.1 cm³/mol. The number of rotatable bonds is 10. The van der Waals surface area contributed by atoms with Crippen LogP contribution < -0.4 is 51.4 Å². The van der Waals surface area contributed by atoms with E-state index in [-0.39, 0.29) is 51.4 Å². The second kappa shape index (κ2) is 9.63. The molecule has 3 nitrogen and oxygen atoms in total. The van der Waals surface area contributed by atoms with Gasteiger partial charge < -0.3 is 4.55 Å². The molecule has 0 aliphatic heterocycles. The van der Waals surface area contributed by atoms with Crippen molar-refractivity contribution in [3.05, 3.63) is 0 Å². The van der Waals surface area contributed by atoms with Gasteiger partial charge >= 0.3 is 92.8 Å². The Kier molecular flexibility index (Phi) is 10.3. The van der Waals surface area contributed by atoms with Gasteiger partial charge in [-0.1, -0.05) is 0 Å². The molecule has 0 spiro atoms. The fraction of sp³-hybridized carbons (Fsp3) is 1.00. The summed E-state index contributed by atoms with van der Waals surface area (Å²) in [5, 5.41) is 0. The van der Waals surface area contributed by atoms with Crippen LogP contribution in [-0.4, -0.2) is 72.5 Å². The van der Waals surface area contributed by atoms with Crippen LogP contribution in [0.1, 0.15) is 0 Å². The molecule has 0 N–H and O–H groups in total. The Bertz CT molecular complexity index is 795. The van der Waals surface area contributed by atoms with E-state index < -0.39 is 69.7 Å². The molecule has 0 amide bonds. The Hall–Kier alpha value is 0.286. The van der Waals surface area contributed by atoms with Gasteiger partial charge in [-0.25, -0.2) is 26.0 Å². The molecule has 0 radical (unpaired) electrons. The summed E-state index contributed by atoms with van der Waals surface area (Å²) in [6.07, 6.45) is -11.2. The van der Waals surface area contributed by atoms with Crippen LogP contribution in [0.15, 0.2) is 0 Å². The molecule has 0 aliphatic carbocycles. The molecule has 2 atom stereocenters. The number of hydrogen-bond acceptors (Lipinski definition) is 3. The van der Waals surface area contributed by atoms with Gasteiger partial charge in [-0.2, -0.15) is 61.5 Å². The Morgan fingerprint density at radius 3 is 1.00 bits per heavy atom. The van der Waals surface area contributed by atoms with E-state index >= 15 is 0 Å². The molecular formula is C10H3F18KO3S. The second-order valence-corrected chi connectivity index (χ2v) is 7.06. The van der Waals surface area contributed by atoms with Gasteiger partial charge in [-0.15, -0.1) is 0 Å². The van der Waals surface area contributed by atoms with Crippen molar-refractivity contribution in [1.29, 1.82) is 0 Å². The second-order valence-electron chi connectivity index (χ2n) is 5.66. The van der Waals surface area contributed by atoms with Gasteiger partial charge in [-0.05, 0) is 0 Å². The zero-order chi connectivity index (χ0) is 26.7. The molecule has 194 valence electrons. The molecule has 23 heteroatoms. The summed E-state index contributed by atoms with van der Waals surface area (Å²) in [6, 6.07) is 0. The number of hydrogen-bond donors (Lipinski definition) is 0. The van der Waals surface area contributed by atoms with Crippen molar-refractivity contribution < 1.29 is 143 Å². The van der Waals surface area contributed by atoms with E-state index in [1.54, 1.807) is 0 Å². The molecule has 0 aromatic heterocycles. The molecule has 0 aromatic rings. The van der Waals surface area contributed by atoms with Crippen LogP contribution in [0.25, 0.3) is 0 Å². The van der Waals surface area contributed by atoms with Crippen molar-refractivity contribution in [3.8, 4) is 0 Å². The fourth-order valence-electron chi connectivity index (χ4n) is 1.67. The molecule has 0 rings (SSSR count). The average molecular weight is 584 g/mol. The first kappa shape index (κ1) is 35.4. The Morgan fingerprint density at radius 1 is 0.515 bits per heavy atom. The Morgan fingerprint density at radius 2 is 0.758 bits per heavy atom. The van der Waals surface area contributed by atoms with Gasteiger partial charge in [0.05, 0.1) is 0 Å². The van der Waals surface area contributed by atoms with E-state index in [1.165, 1.54) is 0 Å². The third kappa shape index (κ3) is 5.09. The first-order valence-corrected chi connectivity index (χ1v) is 8.14. The summed E-state index contributed by atoms with van der Waals surface area (Å²) >= 11 is 0. The predicted octanol–water partition coefficient (Wildman–Crippen LogP) is 1.88. The minimum absolute atomic E-state index is 0. The number of alkyl halides is 18. The van der Waals surface area contributed by atoms with Gasteiger partial charge in [0.15, 0.2) is 0 Å². The van der Waals surface area contributed by atoms with Crippen LogP contribution in [0.2, 0.25) is 0 Å². The van der Waals surface area contributed by atoms with E-state index in [9.17, 15) is 92.0 Å². The smallest absolute Gasteiger partial charge is 0.746 e. The normalized spacial score (nSPS) is 17.6. The molecule has 0 saturated heterocycles. The van der Waals surface area contributed by atoms with Gasteiger partial charge in [0.1, 0.15) is 10.1 Å². The third-order valence-corrected chi connectivity index (χ3v) is 4.32. The summed E-state index contributed by atoms with van der Waals surface area (Å²) in [5.74, 6) is -59.1. The van der Waals surface area contributed by atoms with E-state index in [1.807, 2.05) is 0 Å². The zero-order valence-corrected chi connectivity index (χ0v) is 18.6. The molecular weight excluding hydrogens is 581 g/mol. The van der Waals surface area contributed by atoms with Gasteiger partial charge in [-0.3, -0.25) is 0 Å².